The molecule has 0 aliphatic heterocycles. The van der Waals surface area contributed by atoms with Crippen LogP contribution in [0.4, 0.5) is 5.88 Å². The fourth-order valence-electron chi connectivity index (χ4n) is 2.51. The molecule has 3 rings (SSSR count). The molecule has 1 aromatic carbocycles. The van der Waals surface area contributed by atoms with Crippen LogP contribution in [0, 0.1) is 20.8 Å². The molecule has 0 bridgehead atoms. The van der Waals surface area contributed by atoms with Crippen molar-refractivity contribution in [3.8, 4) is 22.4 Å². The molecule has 5 heteroatoms. The van der Waals surface area contributed by atoms with Crippen LogP contribution in [-0.2, 0) is 0 Å². The predicted octanol–water partition coefficient (Wildman–Crippen LogP) is 4.87. The third-order valence-corrected chi connectivity index (χ3v) is 4.18. The minimum atomic E-state index is 0.310. The lowest BCUT2D eigenvalue weighted by Gasteiger charge is -2.03. The molecule has 0 saturated heterocycles. The summed E-state index contributed by atoms with van der Waals surface area (Å²) in [6, 6.07) is 7.89. The van der Waals surface area contributed by atoms with Crippen molar-refractivity contribution in [3.63, 3.8) is 0 Å². The number of benzene rings is 1. The number of hydrogen-bond acceptors (Lipinski definition) is 4. The lowest BCUT2D eigenvalue weighted by Crippen LogP contribution is -1.89. The van der Waals surface area contributed by atoms with E-state index in [-0.39, 0.29) is 0 Å². The van der Waals surface area contributed by atoms with E-state index in [4.69, 9.17) is 14.7 Å². The van der Waals surface area contributed by atoms with Crippen LogP contribution in [0.2, 0.25) is 0 Å². The van der Waals surface area contributed by atoms with Gasteiger partial charge in [-0.15, -0.1) is 0 Å². The normalized spacial score (nSPS) is 11.0. The molecule has 21 heavy (non-hydrogen) atoms. The first kappa shape index (κ1) is 13.9. The Morgan fingerprint density at radius 3 is 2.24 bits per heavy atom. The average molecular weight is 347 g/mol. The first-order valence-corrected chi connectivity index (χ1v) is 7.36. The zero-order valence-electron chi connectivity index (χ0n) is 12.0. The predicted molar refractivity (Wildman–Crippen MR) is 86.0 cm³/mol. The van der Waals surface area contributed by atoms with Crippen molar-refractivity contribution in [2.24, 2.45) is 0 Å². The molecule has 0 radical (unpaired) electrons. The molecule has 0 fully saturated rings. The second kappa shape index (κ2) is 5.07. The SMILES string of the molecule is Cc1oc(C)c(-c2noc(N)c2-c2ccc(Br)cc2)c1C. The molecule has 4 nitrogen and oxygen atoms in total. The van der Waals surface area contributed by atoms with E-state index in [9.17, 15) is 0 Å². The van der Waals surface area contributed by atoms with E-state index in [1.165, 1.54) is 0 Å². The second-order valence-corrected chi connectivity index (χ2v) is 5.91. The molecule has 3 aromatic rings. The van der Waals surface area contributed by atoms with Crippen molar-refractivity contribution >= 4 is 21.8 Å². The van der Waals surface area contributed by atoms with Gasteiger partial charge in [0, 0.05) is 10.0 Å². The highest BCUT2D eigenvalue weighted by atomic mass is 79.9. The van der Waals surface area contributed by atoms with Crippen LogP contribution in [0.5, 0.6) is 0 Å². The number of furan rings is 1. The van der Waals surface area contributed by atoms with Gasteiger partial charge in [0.1, 0.15) is 17.2 Å². The highest BCUT2D eigenvalue weighted by molar-refractivity contribution is 9.10. The Balaban J connectivity index is 2.24. The van der Waals surface area contributed by atoms with Gasteiger partial charge in [0.25, 0.3) is 0 Å². The number of halogens is 1. The maximum absolute atomic E-state index is 5.98. The van der Waals surface area contributed by atoms with Gasteiger partial charge < -0.3 is 14.7 Å². The third-order valence-electron chi connectivity index (χ3n) is 3.65. The topological polar surface area (TPSA) is 65.2 Å². The van der Waals surface area contributed by atoms with E-state index in [1.54, 1.807) is 0 Å². The molecule has 0 amide bonds. The molecule has 2 N–H and O–H groups in total. The Labute approximate surface area is 131 Å². The Bertz CT molecular complexity index is 801. The van der Waals surface area contributed by atoms with E-state index in [2.05, 4.69) is 21.1 Å². The van der Waals surface area contributed by atoms with Crippen molar-refractivity contribution in [1.82, 2.24) is 5.16 Å². The van der Waals surface area contributed by atoms with Gasteiger partial charge in [-0.3, -0.25) is 0 Å². The van der Waals surface area contributed by atoms with Crippen molar-refractivity contribution in [2.45, 2.75) is 20.8 Å². The summed E-state index contributed by atoms with van der Waals surface area (Å²) in [6.07, 6.45) is 0. The summed E-state index contributed by atoms with van der Waals surface area (Å²) >= 11 is 3.43. The van der Waals surface area contributed by atoms with E-state index < -0.39 is 0 Å². The molecule has 2 aromatic heterocycles. The Morgan fingerprint density at radius 2 is 1.67 bits per heavy atom. The van der Waals surface area contributed by atoms with Gasteiger partial charge in [-0.2, -0.15) is 0 Å². The van der Waals surface area contributed by atoms with E-state index in [0.717, 1.165) is 43.9 Å². The molecule has 0 aliphatic carbocycles. The minimum Gasteiger partial charge on any atom is -0.466 e. The van der Waals surface area contributed by atoms with Gasteiger partial charge >= 0.3 is 0 Å². The fraction of sp³-hybridized carbons (Fsp3) is 0.188. The van der Waals surface area contributed by atoms with Crippen LogP contribution in [0.3, 0.4) is 0 Å². The lowest BCUT2D eigenvalue weighted by molar-refractivity contribution is 0.439. The molecule has 0 spiro atoms. The smallest absolute Gasteiger partial charge is 0.230 e. The van der Waals surface area contributed by atoms with E-state index in [1.807, 2.05) is 45.0 Å². The number of aromatic nitrogens is 1. The average Bonchev–Trinajstić information content (AvgIpc) is 2.92. The largest absolute Gasteiger partial charge is 0.466 e. The first-order valence-electron chi connectivity index (χ1n) is 6.57. The molecule has 2 heterocycles. The van der Waals surface area contributed by atoms with Gasteiger partial charge in [0.05, 0.1) is 5.56 Å². The summed E-state index contributed by atoms with van der Waals surface area (Å²) in [5.41, 5.74) is 10.5. The Kier molecular flexibility index (Phi) is 3.37. The molecule has 0 unspecified atom stereocenters. The van der Waals surface area contributed by atoms with Crippen LogP contribution in [0.1, 0.15) is 17.1 Å². The standard InChI is InChI=1S/C16H15BrN2O2/c1-8-9(2)20-10(3)13(8)15-14(16(18)21-19-15)11-4-6-12(17)7-5-11/h4-7H,18H2,1-3H3. The van der Waals surface area contributed by atoms with Gasteiger partial charge in [0.2, 0.25) is 5.88 Å². The summed E-state index contributed by atoms with van der Waals surface area (Å²) in [5.74, 6) is 2.01. The molecule has 108 valence electrons. The van der Waals surface area contributed by atoms with Gasteiger partial charge in [-0.1, -0.05) is 33.2 Å². The first-order chi connectivity index (χ1) is 9.99. The van der Waals surface area contributed by atoms with Crippen molar-refractivity contribution in [2.75, 3.05) is 5.73 Å². The number of nitrogens with two attached hydrogens (primary N) is 1. The minimum absolute atomic E-state index is 0.310. The van der Waals surface area contributed by atoms with E-state index >= 15 is 0 Å². The van der Waals surface area contributed by atoms with Crippen molar-refractivity contribution in [1.29, 1.82) is 0 Å². The zero-order chi connectivity index (χ0) is 15.1. The molecule has 0 atom stereocenters. The van der Waals surface area contributed by atoms with Crippen molar-refractivity contribution < 1.29 is 8.94 Å². The molecule has 0 saturated carbocycles. The fourth-order valence-corrected chi connectivity index (χ4v) is 2.77. The monoisotopic (exact) mass is 346 g/mol. The summed E-state index contributed by atoms with van der Waals surface area (Å²) in [5, 5.41) is 4.15. The van der Waals surface area contributed by atoms with Gasteiger partial charge in [-0.25, -0.2) is 0 Å². The maximum Gasteiger partial charge on any atom is 0.230 e. The third kappa shape index (κ3) is 2.27. The molecular weight excluding hydrogens is 332 g/mol. The quantitative estimate of drug-likeness (QED) is 0.718. The van der Waals surface area contributed by atoms with Crippen molar-refractivity contribution in [3.05, 3.63) is 45.8 Å². The number of aryl methyl sites for hydroxylation is 2. The van der Waals surface area contributed by atoms with E-state index in [0.29, 0.717) is 5.88 Å². The van der Waals surface area contributed by atoms with Gasteiger partial charge in [0.15, 0.2) is 0 Å². The highest BCUT2D eigenvalue weighted by Crippen LogP contribution is 2.40. The summed E-state index contributed by atoms with van der Waals surface area (Å²) in [4.78, 5) is 0. The second-order valence-electron chi connectivity index (χ2n) is 4.99. The van der Waals surface area contributed by atoms with Crippen LogP contribution in [0.25, 0.3) is 22.4 Å². The number of hydrogen-bond donors (Lipinski definition) is 1. The maximum atomic E-state index is 5.98. The van der Waals surface area contributed by atoms with Crippen LogP contribution in [0.15, 0.2) is 37.7 Å². The number of nitrogens with zero attached hydrogens (tertiary/aromatic N) is 1. The van der Waals surface area contributed by atoms with Crippen LogP contribution in [-0.4, -0.2) is 5.16 Å². The number of rotatable bonds is 2. The number of nitrogen functional groups attached to an aromatic ring is 1. The van der Waals surface area contributed by atoms with Gasteiger partial charge in [-0.05, 0) is 44.0 Å². The Morgan fingerprint density at radius 1 is 1.00 bits per heavy atom. The number of anilines is 1. The van der Waals surface area contributed by atoms with Crippen LogP contribution >= 0.6 is 15.9 Å². The highest BCUT2D eigenvalue weighted by Gasteiger charge is 2.23. The van der Waals surface area contributed by atoms with Crippen LogP contribution < -0.4 is 5.73 Å². The molecule has 0 aliphatic rings. The summed E-state index contributed by atoms with van der Waals surface area (Å²) in [7, 11) is 0. The summed E-state index contributed by atoms with van der Waals surface area (Å²) < 4.78 is 11.9. The lowest BCUT2D eigenvalue weighted by atomic mass is 9.98. The summed E-state index contributed by atoms with van der Waals surface area (Å²) in [6.45, 7) is 5.87. The molecular formula is C16H15BrN2O2. The zero-order valence-corrected chi connectivity index (χ0v) is 13.6. The Hall–Kier alpha value is -2.01.